The second-order valence-electron chi connectivity index (χ2n) is 8.61. The highest BCUT2D eigenvalue weighted by atomic mass is 32.2. The zero-order chi connectivity index (χ0) is 24.6. The number of aromatic nitrogens is 2. The first-order chi connectivity index (χ1) is 16.8. The molecule has 0 bridgehead atoms. The van der Waals surface area contributed by atoms with Gasteiger partial charge in [0.2, 0.25) is 9.84 Å². The minimum absolute atomic E-state index is 0.0802. The van der Waals surface area contributed by atoms with Crippen molar-refractivity contribution in [3.63, 3.8) is 0 Å². The standard InChI is InChI=1S/C28H23N3O3S/c1-19-8-11-25(12-9-19)35(32,33)26(17-29)16-23-18-31(24-6-4-3-5-7-24)30-28(23)21-10-13-27-22(15-21)14-20(2)34-27/h3-13,15-16,18,20H,14H2,1-2H3/b26-16+. The summed E-state index contributed by atoms with van der Waals surface area (Å²) in [6.07, 6.45) is 4.05. The Kier molecular flexibility index (Phi) is 5.75. The van der Waals surface area contributed by atoms with E-state index < -0.39 is 9.84 Å². The first kappa shape index (κ1) is 22.6. The summed E-state index contributed by atoms with van der Waals surface area (Å²) in [6, 6.07) is 23.8. The van der Waals surface area contributed by atoms with Gasteiger partial charge in [-0.1, -0.05) is 35.9 Å². The summed E-state index contributed by atoms with van der Waals surface area (Å²) in [5.41, 5.74) is 4.79. The van der Waals surface area contributed by atoms with Crippen molar-refractivity contribution in [1.82, 2.24) is 9.78 Å². The van der Waals surface area contributed by atoms with Crippen molar-refractivity contribution in [2.75, 3.05) is 0 Å². The molecule has 1 aliphatic rings. The van der Waals surface area contributed by atoms with Gasteiger partial charge in [0.15, 0.2) is 0 Å². The number of hydrogen-bond donors (Lipinski definition) is 0. The number of allylic oxidation sites excluding steroid dienone is 1. The fourth-order valence-electron chi connectivity index (χ4n) is 4.16. The Morgan fingerprint density at radius 3 is 2.57 bits per heavy atom. The third kappa shape index (κ3) is 4.36. The Hall–Kier alpha value is -4.15. The van der Waals surface area contributed by atoms with Crippen LogP contribution in [0, 0.1) is 18.3 Å². The molecule has 3 aromatic carbocycles. The van der Waals surface area contributed by atoms with Gasteiger partial charge in [-0.3, -0.25) is 0 Å². The Morgan fingerprint density at radius 1 is 1.11 bits per heavy atom. The van der Waals surface area contributed by atoms with Gasteiger partial charge in [0.25, 0.3) is 0 Å². The molecule has 0 N–H and O–H groups in total. The van der Waals surface area contributed by atoms with Gasteiger partial charge in [-0.25, -0.2) is 13.1 Å². The molecule has 1 aromatic heterocycles. The van der Waals surface area contributed by atoms with E-state index in [-0.39, 0.29) is 15.9 Å². The molecular formula is C28H23N3O3S. The van der Waals surface area contributed by atoms with E-state index in [2.05, 4.69) is 0 Å². The van der Waals surface area contributed by atoms with E-state index in [9.17, 15) is 13.7 Å². The van der Waals surface area contributed by atoms with Gasteiger partial charge >= 0.3 is 0 Å². The lowest BCUT2D eigenvalue weighted by molar-refractivity contribution is 0.254. The number of rotatable bonds is 5. The van der Waals surface area contributed by atoms with Gasteiger partial charge in [-0.05, 0) is 68.0 Å². The van der Waals surface area contributed by atoms with Crippen LogP contribution in [0.3, 0.4) is 0 Å². The van der Waals surface area contributed by atoms with Crippen LogP contribution in [-0.4, -0.2) is 24.3 Å². The van der Waals surface area contributed by atoms with Gasteiger partial charge in [0.05, 0.1) is 10.6 Å². The lowest BCUT2D eigenvalue weighted by Crippen LogP contribution is -2.05. The average Bonchev–Trinajstić information content (AvgIpc) is 3.45. The molecule has 0 aliphatic carbocycles. The fourth-order valence-corrected chi connectivity index (χ4v) is 5.31. The smallest absolute Gasteiger partial charge is 0.216 e. The van der Waals surface area contributed by atoms with Gasteiger partial charge in [0, 0.05) is 23.7 Å². The number of aryl methyl sites for hydroxylation is 1. The molecule has 0 amide bonds. The van der Waals surface area contributed by atoms with E-state index in [0.29, 0.717) is 11.3 Å². The summed E-state index contributed by atoms with van der Waals surface area (Å²) in [6.45, 7) is 3.90. The fraction of sp³-hybridized carbons (Fsp3) is 0.143. The largest absolute Gasteiger partial charge is 0.490 e. The second kappa shape index (κ2) is 8.90. The van der Waals surface area contributed by atoms with Crippen LogP contribution in [0.25, 0.3) is 23.0 Å². The number of fused-ring (bicyclic) bond motifs is 1. The normalized spacial score (nSPS) is 15.3. The van der Waals surface area contributed by atoms with Crippen LogP contribution in [-0.2, 0) is 16.3 Å². The van der Waals surface area contributed by atoms with Gasteiger partial charge in [-0.2, -0.15) is 10.4 Å². The van der Waals surface area contributed by atoms with Crippen molar-refractivity contribution >= 4 is 15.9 Å². The molecular weight excluding hydrogens is 458 g/mol. The molecule has 1 atom stereocenters. The van der Waals surface area contributed by atoms with Crippen LogP contribution < -0.4 is 4.74 Å². The van der Waals surface area contributed by atoms with Crippen molar-refractivity contribution in [2.45, 2.75) is 31.3 Å². The van der Waals surface area contributed by atoms with Crippen LogP contribution in [0.1, 0.15) is 23.6 Å². The summed E-state index contributed by atoms with van der Waals surface area (Å²) in [5, 5.41) is 14.6. The quantitative estimate of drug-likeness (QED) is 0.351. The molecule has 4 aromatic rings. The molecule has 5 rings (SSSR count). The topological polar surface area (TPSA) is 85.0 Å². The van der Waals surface area contributed by atoms with Gasteiger partial charge < -0.3 is 4.74 Å². The van der Waals surface area contributed by atoms with Crippen molar-refractivity contribution in [3.05, 3.63) is 101 Å². The predicted molar refractivity (Wildman–Crippen MR) is 135 cm³/mol. The highest BCUT2D eigenvalue weighted by Crippen LogP contribution is 2.35. The maximum absolute atomic E-state index is 13.3. The van der Waals surface area contributed by atoms with Crippen LogP contribution >= 0.6 is 0 Å². The second-order valence-corrected chi connectivity index (χ2v) is 10.5. The van der Waals surface area contributed by atoms with E-state index in [1.54, 1.807) is 23.0 Å². The number of hydrogen-bond acceptors (Lipinski definition) is 5. The Morgan fingerprint density at radius 2 is 1.86 bits per heavy atom. The number of sulfone groups is 1. The summed E-state index contributed by atoms with van der Waals surface area (Å²) < 4.78 is 34.0. The van der Waals surface area contributed by atoms with E-state index in [1.807, 2.05) is 68.4 Å². The van der Waals surface area contributed by atoms with E-state index in [4.69, 9.17) is 9.84 Å². The lowest BCUT2D eigenvalue weighted by atomic mass is 10.0. The molecule has 0 saturated heterocycles. The third-order valence-electron chi connectivity index (χ3n) is 5.95. The van der Waals surface area contributed by atoms with Gasteiger partial charge in [-0.15, -0.1) is 0 Å². The molecule has 0 spiro atoms. The maximum Gasteiger partial charge on any atom is 0.216 e. The number of ether oxygens (including phenoxy) is 1. The first-order valence-corrected chi connectivity index (χ1v) is 12.7. The molecule has 35 heavy (non-hydrogen) atoms. The number of nitrogens with zero attached hydrogens (tertiary/aromatic N) is 3. The number of benzene rings is 3. The first-order valence-electron chi connectivity index (χ1n) is 11.2. The average molecular weight is 482 g/mol. The van der Waals surface area contributed by atoms with Crippen LogP contribution in [0.4, 0.5) is 0 Å². The van der Waals surface area contributed by atoms with E-state index in [0.717, 1.165) is 34.5 Å². The maximum atomic E-state index is 13.3. The molecule has 0 saturated carbocycles. The number of nitriles is 1. The van der Waals surface area contributed by atoms with Crippen molar-refractivity contribution in [1.29, 1.82) is 5.26 Å². The molecule has 0 fully saturated rings. The lowest BCUT2D eigenvalue weighted by Gasteiger charge is -2.05. The Balaban J connectivity index is 1.66. The zero-order valence-corrected chi connectivity index (χ0v) is 20.2. The molecule has 7 heteroatoms. The van der Waals surface area contributed by atoms with Crippen molar-refractivity contribution in [2.24, 2.45) is 0 Å². The van der Waals surface area contributed by atoms with Gasteiger partial charge in [0.1, 0.15) is 28.5 Å². The van der Waals surface area contributed by atoms with Crippen molar-refractivity contribution in [3.8, 4) is 28.8 Å². The SMILES string of the molecule is Cc1ccc(S(=O)(=O)/C(C#N)=C/c2cn(-c3ccccc3)nc2-c2ccc3c(c2)CC(C)O3)cc1. The Bertz CT molecular complexity index is 1580. The highest BCUT2D eigenvalue weighted by Gasteiger charge is 2.24. The molecule has 1 aliphatic heterocycles. The summed E-state index contributed by atoms with van der Waals surface area (Å²) in [5.74, 6) is 0.848. The van der Waals surface area contributed by atoms with Crippen LogP contribution in [0.15, 0.2) is 88.8 Å². The monoisotopic (exact) mass is 481 g/mol. The summed E-state index contributed by atoms with van der Waals surface area (Å²) in [4.78, 5) is -0.259. The molecule has 0 radical (unpaired) electrons. The number of para-hydroxylation sites is 1. The summed E-state index contributed by atoms with van der Waals surface area (Å²) >= 11 is 0. The van der Waals surface area contributed by atoms with Crippen LogP contribution in [0.5, 0.6) is 5.75 Å². The van der Waals surface area contributed by atoms with Crippen LogP contribution in [0.2, 0.25) is 0 Å². The molecule has 2 heterocycles. The molecule has 6 nitrogen and oxygen atoms in total. The third-order valence-corrected chi connectivity index (χ3v) is 7.63. The highest BCUT2D eigenvalue weighted by molar-refractivity contribution is 7.95. The molecule has 1 unspecified atom stereocenters. The van der Waals surface area contributed by atoms with E-state index >= 15 is 0 Å². The predicted octanol–water partition coefficient (Wildman–Crippen LogP) is 5.51. The van der Waals surface area contributed by atoms with Crippen molar-refractivity contribution < 1.29 is 13.2 Å². The Labute approximate surface area is 204 Å². The summed E-state index contributed by atoms with van der Waals surface area (Å²) in [7, 11) is -3.99. The minimum atomic E-state index is -3.99. The zero-order valence-electron chi connectivity index (χ0n) is 19.3. The minimum Gasteiger partial charge on any atom is -0.490 e. The molecule has 174 valence electrons. The van der Waals surface area contributed by atoms with E-state index in [1.165, 1.54) is 18.2 Å².